The van der Waals surface area contributed by atoms with E-state index in [2.05, 4.69) is 0 Å². The number of Topliss-reactive ketones (excluding diaryl/α,β-unsaturated/α-hetero) is 1. The molecule has 0 bridgehead atoms. The second-order valence-electron chi connectivity index (χ2n) is 4.55. The number of carbonyl (C=O) groups is 1. The zero-order valence-electron chi connectivity index (χ0n) is 10.8. The predicted octanol–water partition coefficient (Wildman–Crippen LogP) is 4.26. The maximum absolute atomic E-state index is 13.8. The van der Waals surface area contributed by atoms with Crippen LogP contribution in [-0.4, -0.2) is 5.78 Å². The summed E-state index contributed by atoms with van der Waals surface area (Å²) in [5.41, 5.74) is 0.786. The van der Waals surface area contributed by atoms with Crippen molar-refractivity contribution in [2.24, 2.45) is 0 Å². The molecular weight excluding hydrogens is 246 g/mol. The molecule has 1 atom stereocenters. The SMILES string of the molecule is Cc1ccc(C(=O)C(C)c2ccccc2)c(F)c1F. The molecule has 2 aromatic carbocycles. The third-order valence-electron chi connectivity index (χ3n) is 3.23. The Morgan fingerprint density at radius 1 is 1.00 bits per heavy atom. The van der Waals surface area contributed by atoms with Gasteiger partial charge in [0.05, 0.1) is 5.56 Å². The van der Waals surface area contributed by atoms with E-state index in [0.717, 1.165) is 5.56 Å². The van der Waals surface area contributed by atoms with E-state index in [4.69, 9.17) is 0 Å². The molecule has 0 radical (unpaired) electrons. The molecule has 0 aliphatic heterocycles. The van der Waals surface area contributed by atoms with Crippen molar-refractivity contribution in [2.45, 2.75) is 19.8 Å². The number of aryl methyl sites for hydroxylation is 1. The van der Waals surface area contributed by atoms with E-state index in [1.54, 1.807) is 19.1 Å². The number of carbonyl (C=O) groups excluding carboxylic acids is 1. The van der Waals surface area contributed by atoms with Gasteiger partial charge in [-0.05, 0) is 24.1 Å². The molecule has 2 aromatic rings. The van der Waals surface area contributed by atoms with Crippen LogP contribution in [0.25, 0.3) is 0 Å². The minimum atomic E-state index is -1.06. The lowest BCUT2D eigenvalue weighted by Crippen LogP contribution is -2.12. The normalized spacial score (nSPS) is 12.2. The van der Waals surface area contributed by atoms with Crippen molar-refractivity contribution in [3.8, 4) is 0 Å². The van der Waals surface area contributed by atoms with Crippen LogP contribution in [0.3, 0.4) is 0 Å². The van der Waals surface area contributed by atoms with Gasteiger partial charge in [-0.2, -0.15) is 0 Å². The standard InChI is InChI=1S/C16H14F2O/c1-10-8-9-13(15(18)14(10)17)16(19)11(2)12-6-4-3-5-7-12/h3-9,11H,1-2H3. The molecule has 1 nitrogen and oxygen atoms in total. The fraction of sp³-hybridized carbons (Fsp3) is 0.188. The summed E-state index contributed by atoms with van der Waals surface area (Å²) in [4.78, 5) is 12.2. The molecule has 0 fully saturated rings. The highest BCUT2D eigenvalue weighted by atomic mass is 19.2. The smallest absolute Gasteiger partial charge is 0.173 e. The number of halogens is 2. The molecule has 0 N–H and O–H groups in total. The Morgan fingerprint density at radius 3 is 2.26 bits per heavy atom. The van der Waals surface area contributed by atoms with Gasteiger partial charge in [0.25, 0.3) is 0 Å². The molecule has 98 valence electrons. The number of rotatable bonds is 3. The topological polar surface area (TPSA) is 17.1 Å². The van der Waals surface area contributed by atoms with Crippen molar-refractivity contribution < 1.29 is 13.6 Å². The summed E-state index contributed by atoms with van der Waals surface area (Å²) < 4.78 is 27.3. The summed E-state index contributed by atoms with van der Waals surface area (Å²) in [5.74, 6) is -2.93. The van der Waals surface area contributed by atoms with Crippen LogP contribution in [0.1, 0.15) is 34.3 Å². The monoisotopic (exact) mass is 260 g/mol. The third-order valence-corrected chi connectivity index (χ3v) is 3.23. The van der Waals surface area contributed by atoms with Crippen LogP contribution in [0.4, 0.5) is 8.78 Å². The molecule has 1 unspecified atom stereocenters. The summed E-state index contributed by atoms with van der Waals surface area (Å²) in [6, 6.07) is 11.8. The van der Waals surface area contributed by atoms with Crippen molar-refractivity contribution in [1.29, 1.82) is 0 Å². The minimum Gasteiger partial charge on any atom is -0.293 e. The molecule has 0 spiro atoms. The van der Waals surface area contributed by atoms with Crippen molar-refractivity contribution in [3.63, 3.8) is 0 Å². The first kappa shape index (κ1) is 13.4. The first-order valence-electron chi connectivity index (χ1n) is 6.06. The largest absolute Gasteiger partial charge is 0.293 e. The van der Waals surface area contributed by atoms with Gasteiger partial charge < -0.3 is 0 Å². The van der Waals surface area contributed by atoms with Gasteiger partial charge in [0, 0.05) is 5.92 Å². The first-order valence-corrected chi connectivity index (χ1v) is 6.06. The molecule has 0 aromatic heterocycles. The molecule has 3 heteroatoms. The fourth-order valence-corrected chi connectivity index (χ4v) is 1.96. The van der Waals surface area contributed by atoms with E-state index >= 15 is 0 Å². The lowest BCUT2D eigenvalue weighted by molar-refractivity contribution is 0.0961. The van der Waals surface area contributed by atoms with Crippen molar-refractivity contribution in [3.05, 3.63) is 70.8 Å². The van der Waals surface area contributed by atoms with Crippen LogP contribution in [0.5, 0.6) is 0 Å². The van der Waals surface area contributed by atoms with Gasteiger partial charge in [-0.15, -0.1) is 0 Å². The van der Waals surface area contributed by atoms with E-state index in [1.807, 2.05) is 18.2 Å². The quantitative estimate of drug-likeness (QED) is 0.753. The Morgan fingerprint density at radius 2 is 1.63 bits per heavy atom. The Balaban J connectivity index is 2.38. The van der Waals surface area contributed by atoms with Crippen molar-refractivity contribution >= 4 is 5.78 Å². The molecule has 0 saturated carbocycles. The van der Waals surface area contributed by atoms with Crippen molar-refractivity contribution in [1.82, 2.24) is 0 Å². The van der Waals surface area contributed by atoms with E-state index in [9.17, 15) is 13.6 Å². The highest BCUT2D eigenvalue weighted by Gasteiger charge is 2.22. The van der Waals surface area contributed by atoms with E-state index in [1.165, 1.54) is 19.1 Å². The lowest BCUT2D eigenvalue weighted by atomic mass is 9.91. The molecule has 0 aliphatic carbocycles. The maximum Gasteiger partial charge on any atom is 0.173 e. The van der Waals surface area contributed by atoms with Crippen LogP contribution < -0.4 is 0 Å². The summed E-state index contributed by atoms with van der Waals surface area (Å²) in [5, 5.41) is 0. The van der Waals surface area contributed by atoms with Gasteiger partial charge in [0.2, 0.25) is 0 Å². The Bertz CT molecular complexity index is 606. The molecule has 2 rings (SSSR count). The summed E-state index contributed by atoms with van der Waals surface area (Å²) in [7, 11) is 0. The van der Waals surface area contributed by atoms with Gasteiger partial charge in [0.1, 0.15) is 0 Å². The van der Waals surface area contributed by atoms with Gasteiger partial charge >= 0.3 is 0 Å². The Labute approximate surface area is 110 Å². The van der Waals surface area contributed by atoms with E-state index in [-0.39, 0.29) is 11.1 Å². The molecule has 19 heavy (non-hydrogen) atoms. The van der Waals surface area contributed by atoms with E-state index < -0.39 is 23.3 Å². The van der Waals surface area contributed by atoms with Gasteiger partial charge in [0.15, 0.2) is 17.4 Å². The average Bonchev–Trinajstić information content (AvgIpc) is 2.44. The fourth-order valence-electron chi connectivity index (χ4n) is 1.96. The summed E-state index contributed by atoms with van der Waals surface area (Å²) in [6.07, 6.45) is 0. The predicted molar refractivity (Wildman–Crippen MR) is 70.3 cm³/mol. The second-order valence-corrected chi connectivity index (χ2v) is 4.55. The number of hydrogen-bond donors (Lipinski definition) is 0. The van der Waals surface area contributed by atoms with Crippen LogP contribution in [0.2, 0.25) is 0 Å². The highest BCUT2D eigenvalue weighted by molar-refractivity contribution is 6.01. The maximum atomic E-state index is 13.8. The molecule has 0 saturated heterocycles. The number of hydrogen-bond acceptors (Lipinski definition) is 1. The molecular formula is C16H14F2O. The van der Waals surface area contributed by atoms with Gasteiger partial charge in [-0.1, -0.05) is 43.3 Å². The third kappa shape index (κ3) is 2.55. The molecule has 0 heterocycles. The highest BCUT2D eigenvalue weighted by Crippen LogP contribution is 2.24. The number of benzene rings is 2. The average molecular weight is 260 g/mol. The summed E-state index contributed by atoms with van der Waals surface area (Å²) in [6.45, 7) is 3.15. The number of ketones is 1. The second kappa shape index (κ2) is 5.31. The lowest BCUT2D eigenvalue weighted by Gasteiger charge is -2.12. The van der Waals surface area contributed by atoms with Crippen LogP contribution in [0, 0.1) is 18.6 Å². The van der Waals surface area contributed by atoms with Crippen LogP contribution in [0.15, 0.2) is 42.5 Å². The Hall–Kier alpha value is -2.03. The Kier molecular flexibility index (Phi) is 3.74. The first-order chi connectivity index (χ1) is 9.02. The van der Waals surface area contributed by atoms with Gasteiger partial charge in [-0.25, -0.2) is 8.78 Å². The zero-order valence-corrected chi connectivity index (χ0v) is 10.8. The molecule has 0 aliphatic rings. The van der Waals surface area contributed by atoms with E-state index in [0.29, 0.717) is 0 Å². The molecule has 0 amide bonds. The van der Waals surface area contributed by atoms with Crippen LogP contribution in [-0.2, 0) is 0 Å². The summed E-state index contributed by atoms with van der Waals surface area (Å²) >= 11 is 0. The van der Waals surface area contributed by atoms with Crippen molar-refractivity contribution in [2.75, 3.05) is 0 Å². The van der Waals surface area contributed by atoms with Crippen LogP contribution >= 0.6 is 0 Å². The van der Waals surface area contributed by atoms with Gasteiger partial charge in [-0.3, -0.25) is 4.79 Å². The zero-order chi connectivity index (χ0) is 14.0. The minimum absolute atomic E-state index is 0.195.